The zero-order chi connectivity index (χ0) is 19.6. The summed E-state index contributed by atoms with van der Waals surface area (Å²) < 4.78 is 0. The third-order valence-corrected chi connectivity index (χ3v) is 3.07. The van der Waals surface area contributed by atoms with E-state index in [-0.39, 0.29) is 19.0 Å². The summed E-state index contributed by atoms with van der Waals surface area (Å²) in [6.45, 7) is 3.67. The highest BCUT2D eigenvalue weighted by Gasteiger charge is 2.26. The van der Waals surface area contributed by atoms with Gasteiger partial charge in [0.15, 0.2) is 0 Å². The molecule has 25 heavy (non-hydrogen) atoms. The first-order chi connectivity index (χ1) is 11.6. The summed E-state index contributed by atoms with van der Waals surface area (Å²) >= 11 is 0. The van der Waals surface area contributed by atoms with Gasteiger partial charge in [-0.2, -0.15) is 0 Å². The zero-order valence-corrected chi connectivity index (χ0v) is 14.4. The number of carboxylic acid groups (broad SMARTS) is 1. The smallest absolute Gasteiger partial charge is 0.325 e. The highest BCUT2D eigenvalue weighted by molar-refractivity contribution is 5.92. The maximum Gasteiger partial charge on any atom is 0.325 e. The molecule has 0 heterocycles. The Kier molecular flexibility index (Phi) is 9.79. The second kappa shape index (κ2) is 11.0. The minimum atomic E-state index is -1.20. The molecule has 0 aliphatic carbocycles. The molecule has 0 spiro atoms. The van der Waals surface area contributed by atoms with Crippen LogP contribution in [0.15, 0.2) is 0 Å². The second-order valence-corrected chi connectivity index (χ2v) is 5.62. The zero-order valence-electron chi connectivity index (χ0n) is 14.4. The summed E-state index contributed by atoms with van der Waals surface area (Å²) in [4.78, 5) is 57.0. The fourth-order valence-electron chi connectivity index (χ4n) is 1.62. The van der Waals surface area contributed by atoms with E-state index in [0.29, 0.717) is 0 Å². The molecule has 0 aromatic heterocycles. The Morgan fingerprint density at radius 2 is 1.40 bits per heavy atom. The molecule has 0 rings (SSSR count). The molecule has 0 aliphatic heterocycles. The molecular formula is C14H25N5O6. The monoisotopic (exact) mass is 359 g/mol. The van der Waals surface area contributed by atoms with E-state index in [0.717, 1.165) is 0 Å². The van der Waals surface area contributed by atoms with Gasteiger partial charge in [0.05, 0.1) is 19.6 Å². The number of rotatable bonds is 10. The fourth-order valence-corrected chi connectivity index (χ4v) is 1.62. The predicted molar refractivity (Wildman–Crippen MR) is 87.1 cm³/mol. The molecule has 11 nitrogen and oxygen atoms in total. The molecule has 7 N–H and O–H groups in total. The lowest BCUT2D eigenvalue weighted by Gasteiger charge is -2.23. The van der Waals surface area contributed by atoms with Gasteiger partial charge in [-0.1, -0.05) is 13.8 Å². The average Bonchev–Trinajstić information content (AvgIpc) is 2.54. The Morgan fingerprint density at radius 3 is 1.88 bits per heavy atom. The molecular weight excluding hydrogens is 334 g/mol. The first-order valence-corrected chi connectivity index (χ1v) is 7.64. The molecule has 0 bridgehead atoms. The van der Waals surface area contributed by atoms with Gasteiger partial charge in [-0.3, -0.25) is 24.0 Å². The summed E-state index contributed by atoms with van der Waals surface area (Å²) in [6.07, 6.45) is 0. The van der Waals surface area contributed by atoms with Crippen molar-refractivity contribution >= 4 is 29.6 Å². The number of nitrogens with one attached hydrogen (secondary N) is 4. The number of carbonyl (C=O) groups excluding carboxylic acids is 4. The number of aliphatic carboxylic acids is 1. The van der Waals surface area contributed by atoms with Gasteiger partial charge in [-0.15, -0.1) is 0 Å². The molecule has 0 fully saturated rings. The Labute approximate surface area is 145 Å². The standard InChI is InChI=1S/C14H25N5O6/c1-7(2)12(13(23)18-8(3)14(24)25)19-11(22)6-17-10(21)5-16-9(20)4-15/h7-8,12H,4-6,15H2,1-3H3,(H,16,20)(H,17,21)(H,18,23)(H,19,22)(H,24,25). The van der Waals surface area contributed by atoms with Crippen molar-refractivity contribution in [3.63, 3.8) is 0 Å². The van der Waals surface area contributed by atoms with E-state index in [2.05, 4.69) is 21.3 Å². The number of amides is 4. The van der Waals surface area contributed by atoms with E-state index in [1.807, 2.05) is 0 Å². The van der Waals surface area contributed by atoms with Gasteiger partial charge in [-0.25, -0.2) is 0 Å². The maximum absolute atomic E-state index is 12.0. The SMILES string of the molecule is CC(NC(=O)C(NC(=O)CNC(=O)CNC(=O)CN)C(C)C)C(=O)O. The third-order valence-electron chi connectivity index (χ3n) is 3.07. The molecule has 0 aromatic carbocycles. The van der Waals surface area contributed by atoms with Crippen LogP contribution in [0.25, 0.3) is 0 Å². The summed E-state index contributed by atoms with van der Waals surface area (Å²) in [5.41, 5.74) is 5.06. The highest BCUT2D eigenvalue weighted by atomic mass is 16.4. The first kappa shape index (κ1) is 22.3. The number of carboxylic acids is 1. The van der Waals surface area contributed by atoms with Gasteiger partial charge < -0.3 is 32.1 Å². The lowest BCUT2D eigenvalue weighted by Crippen LogP contribution is -2.54. The third kappa shape index (κ3) is 9.25. The Bertz CT molecular complexity index is 522. The van der Waals surface area contributed by atoms with Crippen LogP contribution in [-0.2, 0) is 24.0 Å². The molecule has 0 saturated carbocycles. The van der Waals surface area contributed by atoms with Gasteiger partial charge >= 0.3 is 5.97 Å². The number of nitrogens with two attached hydrogens (primary N) is 1. The van der Waals surface area contributed by atoms with Crippen LogP contribution in [0.2, 0.25) is 0 Å². The van der Waals surface area contributed by atoms with E-state index in [4.69, 9.17) is 10.8 Å². The Morgan fingerprint density at radius 1 is 0.880 bits per heavy atom. The van der Waals surface area contributed by atoms with Crippen molar-refractivity contribution in [2.24, 2.45) is 11.7 Å². The van der Waals surface area contributed by atoms with Gasteiger partial charge in [0.1, 0.15) is 12.1 Å². The van der Waals surface area contributed by atoms with Crippen LogP contribution in [0, 0.1) is 5.92 Å². The lowest BCUT2D eigenvalue weighted by molar-refractivity contribution is -0.142. The summed E-state index contributed by atoms with van der Waals surface area (Å²) in [6, 6.07) is -2.06. The molecule has 2 atom stereocenters. The Balaban J connectivity index is 4.46. The normalized spacial score (nSPS) is 12.7. The van der Waals surface area contributed by atoms with E-state index >= 15 is 0 Å². The van der Waals surface area contributed by atoms with E-state index < -0.39 is 48.2 Å². The van der Waals surface area contributed by atoms with E-state index in [1.165, 1.54) is 6.92 Å². The van der Waals surface area contributed by atoms with Crippen LogP contribution >= 0.6 is 0 Å². The molecule has 0 saturated heterocycles. The van der Waals surface area contributed by atoms with Gasteiger partial charge in [0.25, 0.3) is 0 Å². The van der Waals surface area contributed by atoms with Crippen molar-refractivity contribution < 1.29 is 29.1 Å². The minimum Gasteiger partial charge on any atom is -0.480 e. The van der Waals surface area contributed by atoms with Crippen molar-refractivity contribution in [2.45, 2.75) is 32.9 Å². The van der Waals surface area contributed by atoms with Crippen molar-refractivity contribution in [3.05, 3.63) is 0 Å². The van der Waals surface area contributed by atoms with Gasteiger partial charge in [0, 0.05) is 0 Å². The second-order valence-electron chi connectivity index (χ2n) is 5.62. The molecule has 0 aliphatic rings. The molecule has 0 aromatic rings. The largest absolute Gasteiger partial charge is 0.480 e. The van der Waals surface area contributed by atoms with Gasteiger partial charge in [-0.05, 0) is 12.8 Å². The van der Waals surface area contributed by atoms with Crippen LogP contribution in [0.5, 0.6) is 0 Å². The van der Waals surface area contributed by atoms with Crippen molar-refractivity contribution in [2.75, 3.05) is 19.6 Å². The quantitative estimate of drug-likeness (QED) is 0.239. The molecule has 142 valence electrons. The van der Waals surface area contributed by atoms with Gasteiger partial charge in [0.2, 0.25) is 23.6 Å². The molecule has 0 radical (unpaired) electrons. The highest BCUT2D eigenvalue weighted by Crippen LogP contribution is 2.02. The van der Waals surface area contributed by atoms with Crippen molar-refractivity contribution in [1.82, 2.24) is 21.3 Å². The average molecular weight is 359 g/mol. The van der Waals surface area contributed by atoms with Crippen LogP contribution in [0.4, 0.5) is 0 Å². The number of carbonyl (C=O) groups is 5. The van der Waals surface area contributed by atoms with Crippen LogP contribution in [0.3, 0.4) is 0 Å². The van der Waals surface area contributed by atoms with Crippen molar-refractivity contribution in [3.8, 4) is 0 Å². The fraction of sp³-hybridized carbons (Fsp3) is 0.643. The van der Waals surface area contributed by atoms with E-state index in [1.54, 1.807) is 13.8 Å². The number of hydrogen-bond donors (Lipinski definition) is 6. The summed E-state index contributed by atoms with van der Waals surface area (Å²) in [7, 11) is 0. The van der Waals surface area contributed by atoms with Crippen LogP contribution in [0.1, 0.15) is 20.8 Å². The topological polar surface area (TPSA) is 180 Å². The first-order valence-electron chi connectivity index (χ1n) is 7.64. The van der Waals surface area contributed by atoms with E-state index in [9.17, 15) is 24.0 Å². The maximum atomic E-state index is 12.0. The predicted octanol–water partition coefficient (Wildman–Crippen LogP) is -3.09. The van der Waals surface area contributed by atoms with Crippen molar-refractivity contribution in [1.29, 1.82) is 0 Å². The molecule has 2 unspecified atom stereocenters. The lowest BCUT2D eigenvalue weighted by atomic mass is 10.0. The van der Waals surface area contributed by atoms with Crippen LogP contribution in [-0.4, -0.2) is 66.4 Å². The Hall–Kier alpha value is -2.69. The van der Waals surface area contributed by atoms with Crippen LogP contribution < -0.4 is 27.0 Å². The summed E-state index contributed by atoms with van der Waals surface area (Å²) in [5, 5.41) is 18.0. The molecule has 11 heteroatoms. The minimum absolute atomic E-state index is 0.256. The molecule has 4 amide bonds. The number of hydrogen-bond acceptors (Lipinski definition) is 6. The summed E-state index contributed by atoms with van der Waals surface area (Å²) in [5.74, 6) is -3.88.